The van der Waals surface area contributed by atoms with Crippen LogP contribution in [-0.4, -0.2) is 43.7 Å². The Morgan fingerprint density at radius 3 is 2.47 bits per heavy atom. The van der Waals surface area contributed by atoms with Gasteiger partial charge in [0, 0.05) is 12.3 Å². The Bertz CT molecular complexity index is 298. The molecule has 1 aliphatic rings. The van der Waals surface area contributed by atoms with E-state index in [1.807, 2.05) is 6.92 Å². The molecule has 0 aromatic rings. The Morgan fingerprint density at radius 2 is 2.06 bits per heavy atom. The van der Waals surface area contributed by atoms with E-state index in [2.05, 4.69) is 0 Å². The van der Waals surface area contributed by atoms with Gasteiger partial charge >= 0.3 is 13.6 Å². The normalized spacial score (nSPS) is 33.4. The van der Waals surface area contributed by atoms with Gasteiger partial charge in [-0.1, -0.05) is 6.92 Å². The predicted octanol–water partition coefficient (Wildman–Crippen LogP) is 1.18. The SMILES string of the molecule is CCC1(CO)COP(=O)(CCOC(C)=O)OC1. The zero-order valence-electron chi connectivity index (χ0n) is 10.2. The molecule has 0 bridgehead atoms. The van der Waals surface area contributed by atoms with Crippen molar-refractivity contribution in [3.05, 3.63) is 0 Å². The first-order chi connectivity index (χ1) is 7.95. The second-order valence-electron chi connectivity index (χ2n) is 4.23. The maximum atomic E-state index is 12.0. The maximum Gasteiger partial charge on any atom is 0.334 e. The van der Waals surface area contributed by atoms with Crippen LogP contribution in [0.15, 0.2) is 0 Å². The lowest BCUT2D eigenvalue weighted by molar-refractivity contribution is -0.140. The molecule has 0 aliphatic carbocycles. The number of carbonyl (C=O) groups is 1. The van der Waals surface area contributed by atoms with Gasteiger partial charge in [-0.2, -0.15) is 0 Å². The molecule has 100 valence electrons. The quantitative estimate of drug-likeness (QED) is 0.594. The van der Waals surface area contributed by atoms with Crippen molar-refractivity contribution in [3.63, 3.8) is 0 Å². The van der Waals surface area contributed by atoms with Crippen molar-refractivity contribution in [3.8, 4) is 0 Å². The number of aliphatic hydroxyl groups is 1. The molecule has 1 rings (SSSR count). The third-order valence-corrected chi connectivity index (χ3v) is 4.67. The van der Waals surface area contributed by atoms with Crippen molar-refractivity contribution in [2.75, 3.05) is 32.6 Å². The van der Waals surface area contributed by atoms with E-state index < -0.39 is 19.0 Å². The third kappa shape index (κ3) is 4.07. The van der Waals surface area contributed by atoms with E-state index >= 15 is 0 Å². The van der Waals surface area contributed by atoms with Crippen LogP contribution < -0.4 is 0 Å². The van der Waals surface area contributed by atoms with Gasteiger partial charge in [-0.25, -0.2) is 0 Å². The summed E-state index contributed by atoms with van der Waals surface area (Å²) in [7, 11) is -3.16. The number of esters is 1. The average molecular weight is 266 g/mol. The monoisotopic (exact) mass is 266 g/mol. The number of carbonyl (C=O) groups excluding carboxylic acids is 1. The molecule has 0 saturated carbocycles. The highest BCUT2D eigenvalue weighted by molar-refractivity contribution is 7.53. The number of ether oxygens (including phenoxy) is 1. The van der Waals surface area contributed by atoms with E-state index in [0.29, 0.717) is 6.42 Å². The summed E-state index contributed by atoms with van der Waals surface area (Å²) in [5, 5.41) is 9.24. The largest absolute Gasteiger partial charge is 0.465 e. The van der Waals surface area contributed by atoms with Crippen molar-refractivity contribution < 1.29 is 28.3 Å². The first-order valence-electron chi connectivity index (χ1n) is 5.58. The van der Waals surface area contributed by atoms with E-state index in [0.717, 1.165) is 0 Å². The number of rotatable bonds is 5. The van der Waals surface area contributed by atoms with Crippen LogP contribution in [-0.2, 0) is 23.1 Å². The minimum atomic E-state index is -3.16. The van der Waals surface area contributed by atoms with Crippen molar-refractivity contribution in [2.24, 2.45) is 5.41 Å². The molecule has 0 atom stereocenters. The van der Waals surface area contributed by atoms with Gasteiger partial charge in [0.2, 0.25) is 0 Å². The van der Waals surface area contributed by atoms with E-state index in [1.165, 1.54) is 6.92 Å². The standard InChI is InChI=1S/C10H19O6P/c1-3-10(6-11)7-15-17(13,16-8-10)5-4-14-9(2)12/h11H,3-8H2,1-2H3. The first kappa shape index (κ1) is 14.6. The van der Waals surface area contributed by atoms with Crippen LogP contribution in [0.2, 0.25) is 0 Å². The predicted molar refractivity (Wildman–Crippen MR) is 60.8 cm³/mol. The van der Waals surface area contributed by atoms with Crippen molar-refractivity contribution in [1.82, 2.24) is 0 Å². The second kappa shape index (κ2) is 5.96. The van der Waals surface area contributed by atoms with Crippen molar-refractivity contribution >= 4 is 13.6 Å². The van der Waals surface area contributed by atoms with Gasteiger partial charge in [0.1, 0.15) is 6.61 Å². The number of hydrogen-bond donors (Lipinski definition) is 1. The highest BCUT2D eigenvalue weighted by atomic mass is 31.2. The molecule has 0 radical (unpaired) electrons. The fraction of sp³-hybridized carbons (Fsp3) is 0.900. The Morgan fingerprint density at radius 1 is 1.47 bits per heavy atom. The molecule has 0 aromatic carbocycles. The van der Waals surface area contributed by atoms with Crippen molar-refractivity contribution in [1.29, 1.82) is 0 Å². The first-order valence-corrected chi connectivity index (χ1v) is 7.30. The lowest BCUT2D eigenvalue weighted by atomic mass is 9.88. The van der Waals surface area contributed by atoms with Crippen LogP contribution >= 0.6 is 7.60 Å². The molecular formula is C10H19O6P. The minimum absolute atomic E-state index is 0.0187. The molecule has 0 aromatic heterocycles. The Hall–Kier alpha value is -0.420. The maximum absolute atomic E-state index is 12.0. The topological polar surface area (TPSA) is 82.1 Å². The Labute approximate surface area is 101 Å². The molecule has 1 aliphatic heterocycles. The number of hydrogen-bond acceptors (Lipinski definition) is 6. The van der Waals surface area contributed by atoms with Gasteiger partial charge in [0.05, 0.1) is 26.0 Å². The van der Waals surface area contributed by atoms with Gasteiger partial charge in [0.15, 0.2) is 0 Å². The minimum Gasteiger partial charge on any atom is -0.465 e. The van der Waals surface area contributed by atoms with E-state index in [9.17, 15) is 14.5 Å². The molecule has 1 fully saturated rings. The summed E-state index contributed by atoms with van der Waals surface area (Å²) < 4.78 is 27.2. The van der Waals surface area contributed by atoms with Gasteiger partial charge in [-0.15, -0.1) is 0 Å². The fourth-order valence-corrected chi connectivity index (χ4v) is 2.98. The van der Waals surface area contributed by atoms with Crippen LogP contribution in [0.5, 0.6) is 0 Å². The summed E-state index contributed by atoms with van der Waals surface area (Å²) in [5.74, 6) is -0.424. The van der Waals surface area contributed by atoms with E-state index in [1.54, 1.807) is 0 Å². The smallest absolute Gasteiger partial charge is 0.334 e. The summed E-state index contributed by atoms with van der Waals surface area (Å²) in [6.45, 7) is 3.57. The third-order valence-electron chi connectivity index (χ3n) is 2.89. The molecule has 7 heteroatoms. The summed E-state index contributed by atoms with van der Waals surface area (Å²) in [6, 6.07) is 0. The number of aliphatic hydroxyl groups excluding tert-OH is 1. The zero-order valence-corrected chi connectivity index (χ0v) is 11.1. The zero-order chi connectivity index (χ0) is 12.9. The van der Waals surface area contributed by atoms with Crippen LogP contribution in [0.1, 0.15) is 20.3 Å². The Balaban J connectivity index is 2.43. The average Bonchev–Trinajstić information content (AvgIpc) is 2.30. The molecule has 1 saturated heterocycles. The lowest BCUT2D eigenvalue weighted by Crippen LogP contribution is -2.38. The molecule has 1 N–H and O–H groups in total. The molecule has 17 heavy (non-hydrogen) atoms. The molecule has 0 spiro atoms. The van der Waals surface area contributed by atoms with Crippen molar-refractivity contribution in [2.45, 2.75) is 20.3 Å². The fourth-order valence-electron chi connectivity index (χ4n) is 1.39. The summed E-state index contributed by atoms with van der Waals surface area (Å²) in [4.78, 5) is 10.6. The summed E-state index contributed by atoms with van der Waals surface area (Å²) in [5.41, 5.74) is -0.463. The van der Waals surface area contributed by atoms with E-state index in [4.69, 9.17) is 13.8 Å². The van der Waals surface area contributed by atoms with Crippen LogP contribution in [0.25, 0.3) is 0 Å². The van der Waals surface area contributed by atoms with Crippen LogP contribution in [0.3, 0.4) is 0 Å². The molecule has 0 unspecified atom stereocenters. The molecule has 1 heterocycles. The van der Waals surface area contributed by atoms with Crippen LogP contribution in [0.4, 0.5) is 0 Å². The summed E-state index contributed by atoms with van der Waals surface area (Å²) >= 11 is 0. The second-order valence-corrected chi connectivity index (χ2v) is 6.42. The van der Waals surface area contributed by atoms with E-state index in [-0.39, 0.29) is 32.6 Å². The Kier molecular flexibility index (Phi) is 5.13. The highest BCUT2D eigenvalue weighted by Gasteiger charge is 2.40. The molecule has 6 nitrogen and oxygen atoms in total. The summed E-state index contributed by atoms with van der Waals surface area (Å²) in [6.07, 6.45) is 0.741. The molecular weight excluding hydrogens is 247 g/mol. The highest BCUT2D eigenvalue weighted by Crippen LogP contribution is 2.53. The van der Waals surface area contributed by atoms with Gasteiger partial charge < -0.3 is 18.9 Å². The molecule has 0 amide bonds. The lowest BCUT2D eigenvalue weighted by Gasteiger charge is -2.37. The van der Waals surface area contributed by atoms with Crippen LogP contribution in [0, 0.1) is 5.41 Å². The van der Waals surface area contributed by atoms with Gasteiger partial charge in [0.25, 0.3) is 0 Å². The van der Waals surface area contributed by atoms with Gasteiger partial charge in [-0.3, -0.25) is 9.36 Å². The van der Waals surface area contributed by atoms with Gasteiger partial charge in [-0.05, 0) is 6.42 Å².